The zero-order valence-corrected chi connectivity index (χ0v) is 15.1. The number of halogens is 3. The van der Waals surface area contributed by atoms with Crippen LogP contribution < -0.4 is 4.80 Å². The standard InChI is InChI=1S/C19H14ClF2N3S/c1-2-10-23-19-25(24-11-15-16(20)4-3-5-17(15)22)18(12-26-19)13-6-8-14(21)9-7-13/h2-9,11-12H,1,10H2. The Bertz CT molecular complexity index is 1000. The van der Waals surface area contributed by atoms with Crippen LogP contribution in [0.25, 0.3) is 11.3 Å². The first-order valence-electron chi connectivity index (χ1n) is 7.66. The fourth-order valence-corrected chi connectivity index (χ4v) is 3.29. The van der Waals surface area contributed by atoms with Crippen LogP contribution in [0.4, 0.5) is 8.78 Å². The first kappa shape index (κ1) is 18.2. The lowest BCUT2D eigenvalue weighted by Crippen LogP contribution is -2.12. The van der Waals surface area contributed by atoms with Crippen molar-refractivity contribution in [3.05, 3.63) is 87.5 Å². The Morgan fingerprint density at radius 2 is 1.92 bits per heavy atom. The summed E-state index contributed by atoms with van der Waals surface area (Å²) in [6, 6.07) is 10.5. The van der Waals surface area contributed by atoms with E-state index in [-0.39, 0.29) is 16.4 Å². The van der Waals surface area contributed by atoms with Gasteiger partial charge in [0.1, 0.15) is 11.6 Å². The Morgan fingerprint density at radius 3 is 2.62 bits per heavy atom. The number of nitrogens with zero attached hydrogens (tertiary/aromatic N) is 3. The number of rotatable bonds is 5. The van der Waals surface area contributed by atoms with E-state index >= 15 is 0 Å². The summed E-state index contributed by atoms with van der Waals surface area (Å²) in [5.74, 6) is -0.793. The summed E-state index contributed by atoms with van der Waals surface area (Å²) >= 11 is 7.42. The molecule has 3 rings (SSSR count). The van der Waals surface area contributed by atoms with Crippen molar-refractivity contribution in [3.8, 4) is 11.3 Å². The Hall–Kier alpha value is -2.57. The van der Waals surface area contributed by atoms with Crippen LogP contribution in [0.15, 0.2) is 70.6 Å². The van der Waals surface area contributed by atoms with Crippen LogP contribution >= 0.6 is 22.9 Å². The lowest BCUT2D eigenvalue weighted by atomic mass is 10.2. The summed E-state index contributed by atoms with van der Waals surface area (Å²) in [6.07, 6.45) is 3.02. The maximum Gasteiger partial charge on any atom is 0.206 e. The van der Waals surface area contributed by atoms with Crippen LogP contribution in [0.1, 0.15) is 5.56 Å². The molecule has 0 bridgehead atoms. The van der Waals surface area contributed by atoms with E-state index in [1.54, 1.807) is 29.0 Å². The minimum absolute atomic E-state index is 0.188. The van der Waals surface area contributed by atoms with Gasteiger partial charge in [0.05, 0.1) is 23.5 Å². The maximum absolute atomic E-state index is 14.0. The molecule has 1 aromatic heterocycles. The predicted octanol–water partition coefficient (Wildman–Crippen LogP) is 5.12. The SMILES string of the molecule is C=CCN=c1scc(-c2ccc(F)cc2)n1N=Cc1c(F)cccc1Cl. The molecule has 132 valence electrons. The molecule has 0 radical (unpaired) electrons. The Morgan fingerprint density at radius 1 is 1.15 bits per heavy atom. The van der Waals surface area contributed by atoms with Gasteiger partial charge in [-0.1, -0.05) is 23.7 Å². The fourth-order valence-electron chi connectivity index (χ4n) is 2.23. The highest BCUT2D eigenvalue weighted by molar-refractivity contribution is 7.07. The largest absolute Gasteiger partial charge is 0.253 e. The van der Waals surface area contributed by atoms with Gasteiger partial charge in [-0.3, -0.25) is 4.99 Å². The molecule has 7 heteroatoms. The third kappa shape index (κ3) is 3.98. The van der Waals surface area contributed by atoms with Gasteiger partial charge in [-0.05, 0) is 36.4 Å². The summed E-state index contributed by atoms with van der Waals surface area (Å²) in [5.41, 5.74) is 1.66. The van der Waals surface area contributed by atoms with Crippen LogP contribution in [-0.4, -0.2) is 17.4 Å². The quantitative estimate of drug-likeness (QED) is 0.428. The van der Waals surface area contributed by atoms with Gasteiger partial charge >= 0.3 is 0 Å². The van der Waals surface area contributed by atoms with Crippen molar-refractivity contribution < 1.29 is 8.78 Å². The van der Waals surface area contributed by atoms with Crippen LogP contribution in [-0.2, 0) is 0 Å². The third-order valence-electron chi connectivity index (χ3n) is 3.48. The normalized spacial score (nSPS) is 12.0. The lowest BCUT2D eigenvalue weighted by molar-refractivity contribution is 0.625. The van der Waals surface area contributed by atoms with Gasteiger partial charge in [-0.25, -0.2) is 13.5 Å². The fraction of sp³-hybridized carbons (Fsp3) is 0.0526. The molecule has 0 atom stereocenters. The molecule has 0 aliphatic heterocycles. The average Bonchev–Trinajstić information content (AvgIpc) is 3.03. The van der Waals surface area contributed by atoms with Crippen LogP contribution in [0.3, 0.4) is 0 Å². The first-order valence-corrected chi connectivity index (χ1v) is 8.92. The molecule has 3 aromatic rings. The Balaban J connectivity index is 2.11. The summed E-state index contributed by atoms with van der Waals surface area (Å²) in [6.45, 7) is 4.07. The smallest absolute Gasteiger partial charge is 0.206 e. The van der Waals surface area contributed by atoms with E-state index < -0.39 is 5.82 Å². The van der Waals surface area contributed by atoms with E-state index in [1.165, 1.54) is 41.8 Å². The lowest BCUT2D eigenvalue weighted by Gasteiger charge is -2.04. The molecule has 0 saturated carbocycles. The topological polar surface area (TPSA) is 29.6 Å². The second kappa shape index (κ2) is 8.21. The van der Waals surface area contributed by atoms with Crippen molar-refractivity contribution in [1.29, 1.82) is 0 Å². The van der Waals surface area contributed by atoms with Crippen molar-refractivity contribution in [1.82, 2.24) is 4.68 Å². The van der Waals surface area contributed by atoms with E-state index in [0.717, 1.165) is 5.56 Å². The highest BCUT2D eigenvalue weighted by Crippen LogP contribution is 2.21. The molecule has 0 N–H and O–H groups in total. The van der Waals surface area contributed by atoms with Crippen LogP contribution in [0.5, 0.6) is 0 Å². The Kier molecular flexibility index (Phi) is 5.75. The number of hydrogen-bond acceptors (Lipinski definition) is 3. The molecule has 0 fully saturated rings. The van der Waals surface area contributed by atoms with E-state index in [2.05, 4.69) is 16.7 Å². The molecule has 0 aliphatic carbocycles. The molecule has 26 heavy (non-hydrogen) atoms. The van der Waals surface area contributed by atoms with Gasteiger partial charge in [0, 0.05) is 16.5 Å². The molecule has 0 aliphatic rings. The summed E-state index contributed by atoms with van der Waals surface area (Å²) in [5, 5.41) is 6.48. The molecule has 0 unspecified atom stereocenters. The molecular weight excluding hydrogens is 376 g/mol. The van der Waals surface area contributed by atoms with E-state index in [1.807, 2.05) is 5.38 Å². The third-order valence-corrected chi connectivity index (χ3v) is 4.67. The molecule has 3 nitrogen and oxygen atoms in total. The second-order valence-electron chi connectivity index (χ2n) is 5.23. The minimum atomic E-state index is -0.468. The minimum Gasteiger partial charge on any atom is -0.253 e. The van der Waals surface area contributed by atoms with Crippen molar-refractivity contribution in [2.24, 2.45) is 10.1 Å². The Labute approximate surface area is 158 Å². The average molecular weight is 390 g/mol. The molecule has 0 saturated heterocycles. The highest BCUT2D eigenvalue weighted by Gasteiger charge is 2.09. The van der Waals surface area contributed by atoms with Gasteiger partial charge in [0.25, 0.3) is 0 Å². The molecule has 0 spiro atoms. The molecule has 2 aromatic carbocycles. The van der Waals surface area contributed by atoms with E-state index in [4.69, 9.17) is 11.6 Å². The van der Waals surface area contributed by atoms with Gasteiger partial charge in [0.2, 0.25) is 4.80 Å². The number of benzene rings is 2. The van der Waals surface area contributed by atoms with Crippen molar-refractivity contribution in [3.63, 3.8) is 0 Å². The highest BCUT2D eigenvalue weighted by atomic mass is 35.5. The molecular formula is C19H14ClF2N3S. The summed E-state index contributed by atoms with van der Waals surface area (Å²) in [4.78, 5) is 5.00. The summed E-state index contributed by atoms with van der Waals surface area (Å²) in [7, 11) is 0. The van der Waals surface area contributed by atoms with E-state index in [0.29, 0.717) is 17.0 Å². The second-order valence-corrected chi connectivity index (χ2v) is 6.48. The first-order chi connectivity index (χ1) is 12.6. The van der Waals surface area contributed by atoms with Gasteiger partial charge in [0.15, 0.2) is 0 Å². The number of aromatic nitrogens is 1. The van der Waals surface area contributed by atoms with Crippen molar-refractivity contribution in [2.75, 3.05) is 6.54 Å². The van der Waals surface area contributed by atoms with Crippen molar-refractivity contribution in [2.45, 2.75) is 0 Å². The van der Waals surface area contributed by atoms with Gasteiger partial charge in [-0.15, -0.1) is 17.9 Å². The van der Waals surface area contributed by atoms with Crippen LogP contribution in [0, 0.1) is 11.6 Å². The number of thiazole rings is 1. The van der Waals surface area contributed by atoms with Gasteiger partial charge in [-0.2, -0.15) is 5.10 Å². The maximum atomic E-state index is 14.0. The van der Waals surface area contributed by atoms with Crippen molar-refractivity contribution >= 4 is 29.2 Å². The van der Waals surface area contributed by atoms with Gasteiger partial charge < -0.3 is 0 Å². The number of hydrogen-bond donors (Lipinski definition) is 0. The van der Waals surface area contributed by atoms with Crippen LogP contribution in [0.2, 0.25) is 5.02 Å². The molecule has 0 amide bonds. The predicted molar refractivity (Wildman–Crippen MR) is 103 cm³/mol. The molecule has 1 heterocycles. The monoisotopic (exact) mass is 389 g/mol. The zero-order valence-electron chi connectivity index (χ0n) is 13.6. The zero-order chi connectivity index (χ0) is 18.5. The summed E-state index contributed by atoms with van der Waals surface area (Å²) < 4.78 is 28.8. The van der Waals surface area contributed by atoms with E-state index in [9.17, 15) is 8.78 Å².